The second kappa shape index (κ2) is 28.4. The van der Waals surface area contributed by atoms with Crippen LogP contribution >= 0.6 is 0 Å². The first-order chi connectivity index (χ1) is 46.6. The minimum atomic E-state index is 1.06. The van der Waals surface area contributed by atoms with Gasteiger partial charge in [0.1, 0.15) is 0 Å². The molecule has 0 spiro atoms. The highest BCUT2D eigenvalue weighted by Gasteiger charge is 2.04. The highest BCUT2D eigenvalue weighted by molar-refractivity contribution is 6.09. The molecule has 0 atom stereocenters. The zero-order valence-corrected chi connectivity index (χ0v) is 51.3. The maximum absolute atomic E-state index is 4.41. The van der Waals surface area contributed by atoms with Crippen LogP contribution in [0, 0.1) is 0 Å². The van der Waals surface area contributed by atoms with Crippen molar-refractivity contribution >= 4 is 140 Å². The van der Waals surface area contributed by atoms with Gasteiger partial charge in [-0.1, -0.05) is 231 Å². The Labute approximate surface area is 543 Å². The second-order valence-corrected chi connectivity index (χ2v) is 22.5. The van der Waals surface area contributed by atoms with E-state index in [4.69, 9.17) is 0 Å². The van der Waals surface area contributed by atoms with Crippen LogP contribution in [0.1, 0.15) is 0 Å². The van der Waals surface area contributed by atoms with E-state index >= 15 is 0 Å². The molecule has 0 unspecified atom stereocenters. The van der Waals surface area contributed by atoms with E-state index in [1.54, 1.807) is 0 Å². The van der Waals surface area contributed by atoms with Gasteiger partial charge >= 0.3 is 0 Å². The monoisotopic (exact) mass is 1200 g/mol. The maximum atomic E-state index is 4.41. The van der Waals surface area contributed by atoms with Crippen LogP contribution in [-0.4, -0.2) is 34.9 Å². The maximum Gasteiger partial charge on any atom is 0.0780 e. The summed E-state index contributed by atoms with van der Waals surface area (Å²) in [6, 6.07) is 105. The molecule has 0 aliphatic heterocycles. The van der Waals surface area contributed by atoms with Crippen LogP contribution in [0.15, 0.2) is 371 Å². The molecule has 0 saturated carbocycles. The summed E-state index contributed by atoms with van der Waals surface area (Å²) in [6.07, 6.45) is 20.4. The molecule has 7 heteroatoms. The summed E-state index contributed by atoms with van der Waals surface area (Å²) in [5.74, 6) is 0. The van der Waals surface area contributed by atoms with E-state index in [9.17, 15) is 0 Å². The summed E-state index contributed by atoms with van der Waals surface area (Å²) < 4.78 is 0. The quantitative estimate of drug-likeness (QED) is 0.110. The van der Waals surface area contributed by atoms with Crippen molar-refractivity contribution in [2.45, 2.75) is 0 Å². The molecule has 7 aromatic heterocycles. The molecule has 0 bridgehead atoms. The van der Waals surface area contributed by atoms with Crippen molar-refractivity contribution in [2.75, 3.05) is 0 Å². The van der Waals surface area contributed by atoms with Gasteiger partial charge in [-0.2, -0.15) is 0 Å². The summed E-state index contributed by atoms with van der Waals surface area (Å²) in [7, 11) is 0. The van der Waals surface area contributed by atoms with Crippen LogP contribution in [-0.2, 0) is 0 Å². The smallest absolute Gasteiger partial charge is 0.0780 e. The van der Waals surface area contributed by atoms with Crippen LogP contribution in [0.25, 0.3) is 140 Å². The van der Waals surface area contributed by atoms with Gasteiger partial charge in [0.2, 0.25) is 0 Å². The van der Waals surface area contributed by atoms with Gasteiger partial charge in [-0.25, -0.2) is 0 Å². The summed E-state index contributed by atoms with van der Waals surface area (Å²) >= 11 is 0. The predicted octanol–water partition coefficient (Wildman–Crippen LogP) is 22.6. The second-order valence-electron chi connectivity index (χ2n) is 22.5. The number of rotatable bonds is 0. The number of fused-ring (bicyclic) bond motifs is 17. The number of nitrogens with zero attached hydrogens (tertiary/aromatic N) is 7. The highest BCUT2D eigenvalue weighted by atomic mass is 14.7. The van der Waals surface area contributed by atoms with Gasteiger partial charge in [0.05, 0.1) is 16.6 Å². The van der Waals surface area contributed by atoms with Crippen molar-refractivity contribution < 1.29 is 0 Å². The molecule has 20 rings (SSSR count). The Bertz CT molecular complexity index is 4900. The lowest BCUT2D eigenvalue weighted by molar-refractivity contribution is 1.36. The first kappa shape index (κ1) is 58.9. The van der Waals surface area contributed by atoms with E-state index in [1.165, 1.54) is 124 Å². The van der Waals surface area contributed by atoms with E-state index in [0.29, 0.717) is 0 Å². The van der Waals surface area contributed by atoms with Crippen molar-refractivity contribution in [1.29, 1.82) is 0 Å². The van der Waals surface area contributed by atoms with Crippen LogP contribution in [0.2, 0.25) is 0 Å². The Morgan fingerprint density at radius 1 is 0.149 bits per heavy atom. The van der Waals surface area contributed by atoms with Gasteiger partial charge in [0.15, 0.2) is 0 Å². The zero-order chi connectivity index (χ0) is 63.1. The van der Waals surface area contributed by atoms with E-state index in [2.05, 4.69) is 290 Å². The Kier molecular flexibility index (Phi) is 17.8. The molecule has 0 amide bonds. The van der Waals surface area contributed by atoms with Gasteiger partial charge in [-0.15, -0.1) is 0 Å². The lowest BCUT2D eigenvalue weighted by atomic mass is 10.0. The molecule has 0 radical (unpaired) electrons. The normalized spacial score (nSPS) is 10.8. The summed E-state index contributed by atoms with van der Waals surface area (Å²) in [5.41, 5.74) is 3.21. The van der Waals surface area contributed by atoms with Crippen molar-refractivity contribution in [1.82, 2.24) is 34.9 Å². The Morgan fingerprint density at radius 2 is 0.489 bits per heavy atom. The zero-order valence-electron chi connectivity index (χ0n) is 51.3. The van der Waals surface area contributed by atoms with Crippen LogP contribution in [0.4, 0.5) is 0 Å². The standard InChI is InChI=1S/6C13H9N.C9H7N/c1-2-6-12-10(4-1)7-8-11-5-3-9-14-13(11)12;1-2-5-11-10(4-1)7-8-13-12(11)6-3-9-14-13;1-2-5-11-9-13-12(6-3-7-14-13)8-10(11)4-1;1-2-4-11-8-13-9-14-6-5-12(13)7-10(11)3-1;1-2-4-12-10(3-1)5-6-11-9-14-8-7-13(11)12;1-2-4-12-10(3-1)5-6-11-7-8-14-9-13(11)12;1-2-4-9-7-10-6-5-8(9)3-1/h6*1-9H;1-7H. The van der Waals surface area contributed by atoms with E-state index in [0.717, 1.165) is 16.6 Å². The fourth-order valence-electron chi connectivity index (χ4n) is 11.9. The van der Waals surface area contributed by atoms with E-state index in [1.807, 2.05) is 117 Å². The summed E-state index contributed by atoms with van der Waals surface area (Å²) in [6.45, 7) is 0. The SMILES string of the molecule is c1ccc2c(c1)ccc1cccnc12.c1ccc2c(c1)ccc1ccncc12.c1ccc2c(c1)ccc1cnccc12.c1ccc2c(c1)ccc1ncccc12.c1ccc2cc3cnccc3cc2c1.c1ccc2cc3ncccc3cc2c1.c1ccc2cnccc2c1. The molecular formula is C87H61N7. The fraction of sp³-hybridized carbons (Fsp3) is 0. The Hall–Kier alpha value is -12.7. The summed E-state index contributed by atoms with van der Waals surface area (Å²) in [4.78, 5) is 29.5. The molecule has 94 heavy (non-hydrogen) atoms. The predicted molar refractivity (Wildman–Crippen MR) is 397 cm³/mol. The Balaban J connectivity index is 0.0000000949. The third kappa shape index (κ3) is 13.6. The van der Waals surface area contributed by atoms with Crippen LogP contribution < -0.4 is 0 Å². The fourth-order valence-corrected chi connectivity index (χ4v) is 11.9. The van der Waals surface area contributed by atoms with E-state index in [-0.39, 0.29) is 0 Å². The van der Waals surface area contributed by atoms with Gasteiger partial charge in [-0.05, 0) is 159 Å². The average Bonchev–Trinajstić information content (AvgIpc) is 1.06. The highest BCUT2D eigenvalue weighted by Crippen LogP contribution is 2.28. The molecule has 444 valence electrons. The molecule has 20 aromatic rings. The molecular weight excluding hydrogens is 1140 g/mol. The molecule has 0 fully saturated rings. The minimum Gasteiger partial charge on any atom is -0.264 e. The molecule has 13 aromatic carbocycles. The number of hydrogen-bond donors (Lipinski definition) is 0. The van der Waals surface area contributed by atoms with Crippen molar-refractivity contribution in [3.63, 3.8) is 0 Å². The topological polar surface area (TPSA) is 90.2 Å². The van der Waals surface area contributed by atoms with Gasteiger partial charge in [0.25, 0.3) is 0 Å². The van der Waals surface area contributed by atoms with Gasteiger partial charge < -0.3 is 0 Å². The number of benzene rings is 13. The Morgan fingerprint density at radius 3 is 1.13 bits per heavy atom. The first-order valence-corrected chi connectivity index (χ1v) is 31.3. The third-order valence-electron chi connectivity index (χ3n) is 16.6. The average molecular weight is 1200 g/mol. The van der Waals surface area contributed by atoms with Crippen molar-refractivity contribution in [3.8, 4) is 0 Å². The summed E-state index contributed by atoms with van der Waals surface area (Å²) in [5, 5.41) is 28.7. The van der Waals surface area contributed by atoms with E-state index < -0.39 is 0 Å². The molecule has 0 N–H and O–H groups in total. The van der Waals surface area contributed by atoms with Crippen LogP contribution in [0.3, 0.4) is 0 Å². The van der Waals surface area contributed by atoms with Gasteiger partial charge in [0, 0.05) is 106 Å². The molecule has 0 aliphatic carbocycles. The van der Waals surface area contributed by atoms with Gasteiger partial charge in [-0.3, -0.25) is 34.9 Å². The first-order valence-electron chi connectivity index (χ1n) is 31.3. The number of hydrogen-bond acceptors (Lipinski definition) is 7. The van der Waals surface area contributed by atoms with Crippen LogP contribution in [0.5, 0.6) is 0 Å². The minimum absolute atomic E-state index is 1.06. The van der Waals surface area contributed by atoms with Crippen molar-refractivity contribution in [3.05, 3.63) is 371 Å². The molecule has 0 saturated heterocycles. The third-order valence-corrected chi connectivity index (χ3v) is 16.6. The molecule has 7 heterocycles. The largest absolute Gasteiger partial charge is 0.264 e. The van der Waals surface area contributed by atoms with Crippen molar-refractivity contribution in [2.24, 2.45) is 0 Å². The molecule has 0 aliphatic rings. The number of aromatic nitrogens is 7. The molecule has 7 nitrogen and oxygen atoms in total. The lowest BCUT2D eigenvalue weighted by Gasteiger charge is -2.01. The number of pyridine rings is 7. The lowest BCUT2D eigenvalue weighted by Crippen LogP contribution is -1.79.